The van der Waals surface area contributed by atoms with E-state index in [9.17, 15) is 27.8 Å². The van der Waals surface area contributed by atoms with Gasteiger partial charge in [0.1, 0.15) is 6.04 Å². The SMILES string of the molecule is CS(=O)(=O)c1ccccc1C(O)P(=O)(O)CC[C@H](N)C(=O)O. The number of aliphatic hydroxyl groups is 1. The third-order valence-electron chi connectivity index (χ3n) is 3.06. The molecule has 0 amide bonds. The first-order chi connectivity index (χ1) is 9.97. The first-order valence-corrected chi connectivity index (χ1v) is 10.0. The minimum Gasteiger partial charge on any atom is -0.480 e. The summed E-state index contributed by atoms with van der Waals surface area (Å²) < 4.78 is 35.5. The lowest BCUT2D eigenvalue weighted by atomic mass is 10.2. The van der Waals surface area contributed by atoms with E-state index >= 15 is 0 Å². The van der Waals surface area contributed by atoms with Gasteiger partial charge in [-0.05, 0) is 12.5 Å². The van der Waals surface area contributed by atoms with Crippen molar-refractivity contribution in [2.45, 2.75) is 23.2 Å². The van der Waals surface area contributed by atoms with Crippen LogP contribution in [0.3, 0.4) is 0 Å². The van der Waals surface area contributed by atoms with Gasteiger partial charge in [0.25, 0.3) is 0 Å². The summed E-state index contributed by atoms with van der Waals surface area (Å²) in [6.45, 7) is 0. The van der Waals surface area contributed by atoms with E-state index in [0.717, 1.165) is 6.26 Å². The molecule has 0 spiro atoms. The Labute approximate surface area is 128 Å². The van der Waals surface area contributed by atoms with Crippen LogP contribution >= 0.6 is 7.37 Å². The van der Waals surface area contributed by atoms with Gasteiger partial charge in [-0.1, -0.05) is 18.2 Å². The minimum absolute atomic E-state index is 0.195. The molecule has 5 N–H and O–H groups in total. The van der Waals surface area contributed by atoms with Gasteiger partial charge in [0.05, 0.1) is 4.90 Å². The van der Waals surface area contributed by atoms with Crippen LogP contribution in [0, 0.1) is 0 Å². The Morgan fingerprint density at radius 1 is 1.36 bits per heavy atom. The highest BCUT2D eigenvalue weighted by Crippen LogP contribution is 2.55. The van der Waals surface area contributed by atoms with Crippen LogP contribution in [-0.2, 0) is 19.2 Å². The van der Waals surface area contributed by atoms with Crippen molar-refractivity contribution in [2.75, 3.05) is 12.4 Å². The summed E-state index contributed by atoms with van der Waals surface area (Å²) in [5.74, 6) is -3.26. The predicted molar refractivity (Wildman–Crippen MR) is 79.4 cm³/mol. The molecule has 124 valence electrons. The lowest BCUT2D eigenvalue weighted by Gasteiger charge is -2.21. The Hall–Kier alpha value is -1.25. The van der Waals surface area contributed by atoms with Crippen LogP contribution in [0.15, 0.2) is 29.2 Å². The molecule has 1 aromatic rings. The fourth-order valence-electron chi connectivity index (χ4n) is 1.82. The van der Waals surface area contributed by atoms with Crippen molar-refractivity contribution in [3.63, 3.8) is 0 Å². The molecule has 1 aromatic carbocycles. The molecule has 0 saturated carbocycles. The molecule has 0 radical (unpaired) electrons. The molecule has 0 heterocycles. The summed E-state index contributed by atoms with van der Waals surface area (Å²) in [6, 6.07) is 3.97. The number of carbonyl (C=O) groups is 1. The zero-order chi connectivity index (χ0) is 17.1. The quantitative estimate of drug-likeness (QED) is 0.506. The summed E-state index contributed by atoms with van der Waals surface area (Å²) in [4.78, 5) is 20.3. The van der Waals surface area contributed by atoms with Crippen molar-refractivity contribution < 1.29 is 32.9 Å². The average Bonchev–Trinajstić information content (AvgIpc) is 2.42. The maximum absolute atomic E-state index is 12.2. The van der Waals surface area contributed by atoms with E-state index < -0.39 is 41.2 Å². The van der Waals surface area contributed by atoms with Gasteiger partial charge in [0.2, 0.25) is 7.37 Å². The number of nitrogens with two attached hydrogens (primary N) is 1. The van der Waals surface area contributed by atoms with Gasteiger partial charge < -0.3 is 20.8 Å². The molecule has 0 fully saturated rings. The number of sulfone groups is 1. The first-order valence-electron chi connectivity index (χ1n) is 6.23. The van der Waals surface area contributed by atoms with Crippen molar-refractivity contribution in [1.82, 2.24) is 0 Å². The van der Waals surface area contributed by atoms with Gasteiger partial charge in [-0.15, -0.1) is 0 Å². The summed E-state index contributed by atoms with van der Waals surface area (Å²) in [5, 5.41) is 18.7. The highest BCUT2D eigenvalue weighted by Gasteiger charge is 2.34. The van der Waals surface area contributed by atoms with Gasteiger partial charge in [-0.3, -0.25) is 9.36 Å². The lowest BCUT2D eigenvalue weighted by molar-refractivity contribution is -0.138. The van der Waals surface area contributed by atoms with Gasteiger partial charge in [0, 0.05) is 18.0 Å². The largest absolute Gasteiger partial charge is 0.480 e. The smallest absolute Gasteiger partial charge is 0.320 e. The zero-order valence-corrected chi connectivity index (χ0v) is 13.5. The van der Waals surface area contributed by atoms with E-state index in [4.69, 9.17) is 10.8 Å². The molecule has 2 unspecified atom stereocenters. The molecular weight excluding hydrogens is 333 g/mol. The van der Waals surface area contributed by atoms with Crippen LogP contribution in [0.2, 0.25) is 0 Å². The van der Waals surface area contributed by atoms with Crippen LogP contribution in [0.25, 0.3) is 0 Å². The number of benzene rings is 1. The number of hydrogen-bond acceptors (Lipinski definition) is 6. The standard InChI is InChI=1S/C12H18NO7PS/c1-22(19,20)10-5-3-2-4-8(10)12(16)21(17,18)7-6-9(13)11(14)15/h2-5,9,12,16H,6-7,13H2,1H3,(H,14,15)(H,17,18)/t9-,12?/m0/s1. The number of carboxylic acids is 1. The summed E-state index contributed by atoms with van der Waals surface area (Å²) in [5.41, 5.74) is 5.06. The molecular formula is C12H18NO7PS. The molecule has 0 aliphatic heterocycles. The Kier molecular flexibility index (Phi) is 5.89. The Bertz CT molecular complexity index is 703. The predicted octanol–water partition coefficient (Wildman–Crippen LogP) is 0.153. The van der Waals surface area contributed by atoms with Crippen LogP contribution in [0.4, 0.5) is 0 Å². The second kappa shape index (κ2) is 6.89. The topological polar surface area (TPSA) is 155 Å². The molecule has 22 heavy (non-hydrogen) atoms. The van der Waals surface area contributed by atoms with Crippen molar-refractivity contribution in [2.24, 2.45) is 5.73 Å². The van der Waals surface area contributed by atoms with Crippen LogP contribution < -0.4 is 5.73 Å². The molecule has 0 aliphatic carbocycles. The van der Waals surface area contributed by atoms with Crippen LogP contribution in [-0.4, -0.2) is 48.0 Å². The normalized spacial score (nSPS) is 17.5. The summed E-state index contributed by atoms with van der Waals surface area (Å²) >= 11 is 0. The summed E-state index contributed by atoms with van der Waals surface area (Å²) in [7, 11) is -7.94. The Morgan fingerprint density at radius 2 is 1.91 bits per heavy atom. The third-order valence-corrected chi connectivity index (χ3v) is 6.17. The molecule has 0 aromatic heterocycles. The maximum atomic E-state index is 12.2. The average molecular weight is 351 g/mol. The molecule has 1 rings (SSSR count). The van der Waals surface area contributed by atoms with Gasteiger partial charge in [0.15, 0.2) is 15.7 Å². The van der Waals surface area contributed by atoms with Gasteiger partial charge >= 0.3 is 5.97 Å². The van der Waals surface area contributed by atoms with Crippen molar-refractivity contribution >= 4 is 23.2 Å². The second-order valence-corrected chi connectivity index (χ2v) is 9.33. The molecule has 10 heteroatoms. The van der Waals surface area contributed by atoms with Gasteiger partial charge in [-0.2, -0.15) is 0 Å². The zero-order valence-electron chi connectivity index (χ0n) is 11.8. The number of aliphatic carboxylic acids is 1. The first kappa shape index (κ1) is 18.8. The van der Waals surface area contributed by atoms with Crippen molar-refractivity contribution in [3.05, 3.63) is 29.8 Å². The highest BCUT2D eigenvalue weighted by atomic mass is 32.2. The fourth-order valence-corrected chi connectivity index (χ4v) is 4.39. The van der Waals surface area contributed by atoms with E-state index in [1.807, 2.05) is 0 Å². The number of aliphatic hydroxyl groups excluding tert-OH is 1. The number of carboxylic acid groups (broad SMARTS) is 1. The lowest BCUT2D eigenvalue weighted by Crippen LogP contribution is -2.31. The maximum Gasteiger partial charge on any atom is 0.320 e. The molecule has 8 nitrogen and oxygen atoms in total. The van der Waals surface area contributed by atoms with Crippen molar-refractivity contribution in [1.29, 1.82) is 0 Å². The summed E-state index contributed by atoms with van der Waals surface area (Å²) in [6.07, 6.45) is 0.0577. The highest BCUT2D eigenvalue weighted by molar-refractivity contribution is 7.90. The van der Waals surface area contributed by atoms with E-state index in [2.05, 4.69) is 0 Å². The van der Waals surface area contributed by atoms with E-state index in [1.54, 1.807) is 0 Å². The third kappa shape index (κ3) is 4.62. The van der Waals surface area contributed by atoms with E-state index in [1.165, 1.54) is 24.3 Å². The Balaban J connectivity index is 3.08. The molecule has 0 bridgehead atoms. The van der Waals surface area contributed by atoms with Crippen LogP contribution in [0.1, 0.15) is 17.8 Å². The minimum atomic E-state index is -4.25. The number of hydrogen-bond donors (Lipinski definition) is 4. The molecule has 0 aliphatic rings. The van der Waals surface area contributed by atoms with E-state index in [0.29, 0.717) is 0 Å². The molecule has 3 atom stereocenters. The molecule has 0 saturated heterocycles. The Morgan fingerprint density at radius 3 is 2.41 bits per heavy atom. The van der Waals surface area contributed by atoms with Crippen molar-refractivity contribution in [3.8, 4) is 0 Å². The number of rotatable bonds is 7. The van der Waals surface area contributed by atoms with Crippen LogP contribution in [0.5, 0.6) is 0 Å². The van der Waals surface area contributed by atoms with Gasteiger partial charge in [-0.25, -0.2) is 8.42 Å². The second-order valence-electron chi connectivity index (χ2n) is 4.90. The monoisotopic (exact) mass is 351 g/mol. The fraction of sp³-hybridized carbons (Fsp3) is 0.417. The van der Waals surface area contributed by atoms with E-state index in [-0.39, 0.29) is 16.9 Å².